The lowest BCUT2D eigenvalue weighted by Crippen LogP contribution is -1.96. The summed E-state index contributed by atoms with van der Waals surface area (Å²) in [5.41, 5.74) is 8.73. The topological polar surface area (TPSA) is 61.3 Å². The van der Waals surface area contributed by atoms with Crippen LogP contribution in [-0.2, 0) is 6.61 Å². The number of ether oxygens (including phenoxy) is 1. The zero-order chi connectivity index (χ0) is 14.7. The summed E-state index contributed by atoms with van der Waals surface area (Å²) < 4.78 is 10.5. The van der Waals surface area contributed by atoms with Crippen molar-refractivity contribution < 1.29 is 9.26 Å². The number of aromatic nitrogens is 1. The Morgan fingerprint density at radius 1 is 1.10 bits per heavy atom. The summed E-state index contributed by atoms with van der Waals surface area (Å²) in [5, 5.41) is 4.56. The molecule has 0 saturated carbocycles. The Bertz CT molecular complexity index is 738. The third-order valence-electron chi connectivity index (χ3n) is 3.08. The second-order valence-corrected chi connectivity index (χ2v) is 4.93. The van der Waals surface area contributed by atoms with Crippen LogP contribution in [0.5, 0.6) is 5.75 Å². The van der Waals surface area contributed by atoms with Gasteiger partial charge in [0.05, 0.1) is 0 Å². The van der Waals surface area contributed by atoms with E-state index in [2.05, 4.69) is 5.16 Å². The summed E-state index contributed by atoms with van der Waals surface area (Å²) >= 11 is 6.09. The maximum atomic E-state index is 6.09. The van der Waals surface area contributed by atoms with Gasteiger partial charge in [-0.15, -0.1) is 0 Å². The second-order valence-electron chi connectivity index (χ2n) is 4.52. The van der Waals surface area contributed by atoms with Gasteiger partial charge >= 0.3 is 0 Å². The molecule has 0 aliphatic rings. The van der Waals surface area contributed by atoms with Gasteiger partial charge in [-0.1, -0.05) is 35.0 Å². The van der Waals surface area contributed by atoms with Crippen LogP contribution in [-0.4, -0.2) is 5.16 Å². The van der Waals surface area contributed by atoms with Gasteiger partial charge in [0.1, 0.15) is 30.0 Å². The fourth-order valence-electron chi connectivity index (χ4n) is 1.95. The van der Waals surface area contributed by atoms with E-state index in [0.29, 0.717) is 23.0 Å². The van der Waals surface area contributed by atoms with Crippen molar-refractivity contribution in [2.24, 2.45) is 0 Å². The number of nitrogens with two attached hydrogens (primary N) is 1. The van der Waals surface area contributed by atoms with Crippen molar-refractivity contribution in [3.63, 3.8) is 0 Å². The first-order chi connectivity index (χ1) is 10.2. The van der Waals surface area contributed by atoms with Crippen LogP contribution in [0, 0.1) is 0 Å². The molecule has 0 unspecified atom stereocenters. The first kappa shape index (κ1) is 13.5. The molecule has 3 aromatic rings. The molecule has 0 aliphatic carbocycles. The number of benzene rings is 2. The summed E-state index contributed by atoms with van der Waals surface area (Å²) in [4.78, 5) is 0. The second kappa shape index (κ2) is 5.89. The van der Waals surface area contributed by atoms with E-state index in [1.165, 1.54) is 6.26 Å². The first-order valence-corrected chi connectivity index (χ1v) is 6.78. The Morgan fingerprint density at radius 2 is 1.86 bits per heavy atom. The van der Waals surface area contributed by atoms with Gasteiger partial charge in [0.2, 0.25) is 0 Å². The van der Waals surface area contributed by atoms with Gasteiger partial charge in [-0.3, -0.25) is 0 Å². The molecule has 0 amide bonds. The number of halogens is 1. The van der Waals surface area contributed by atoms with Crippen molar-refractivity contribution >= 4 is 17.3 Å². The van der Waals surface area contributed by atoms with E-state index in [0.717, 1.165) is 16.9 Å². The van der Waals surface area contributed by atoms with E-state index in [-0.39, 0.29) is 0 Å². The molecule has 0 aliphatic heterocycles. The van der Waals surface area contributed by atoms with Crippen molar-refractivity contribution in [3.8, 4) is 17.0 Å². The maximum Gasteiger partial charge on any atom is 0.147 e. The van der Waals surface area contributed by atoms with Gasteiger partial charge in [-0.05, 0) is 30.3 Å². The van der Waals surface area contributed by atoms with Crippen LogP contribution >= 0.6 is 11.6 Å². The molecule has 0 atom stereocenters. The van der Waals surface area contributed by atoms with Gasteiger partial charge in [-0.2, -0.15) is 0 Å². The van der Waals surface area contributed by atoms with Crippen LogP contribution in [0.4, 0.5) is 5.69 Å². The average Bonchev–Trinajstić information content (AvgIpc) is 2.93. The Hall–Kier alpha value is -2.46. The number of rotatable bonds is 4. The lowest BCUT2D eigenvalue weighted by molar-refractivity contribution is 0.306. The molecule has 0 fully saturated rings. The van der Waals surface area contributed by atoms with Gasteiger partial charge in [0, 0.05) is 16.1 Å². The normalized spacial score (nSPS) is 10.5. The first-order valence-electron chi connectivity index (χ1n) is 6.40. The smallest absolute Gasteiger partial charge is 0.147 e. The van der Waals surface area contributed by atoms with Crippen LogP contribution in [0.25, 0.3) is 11.3 Å². The minimum Gasteiger partial charge on any atom is -0.489 e. The van der Waals surface area contributed by atoms with Gasteiger partial charge in [0.15, 0.2) is 0 Å². The molecule has 3 rings (SSSR count). The molecular formula is C16H13ClN2O2. The molecule has 1 aromatic heterocycles. The van der Waals surface area contributed by atoms with E-state index in [1.54, 1.807) is 0 Å². The van der Waals surface area contributed by atoms with Crippen molar-refractivity contribution in [2.45, 2.75) is 6.61 Å². The fraction of sp³-hybridized carbons (Fsp3) is 0.0625. The van der Waals surface area contributed by atoms with Crippen LogP contribution in [0.1, 0.15) is 5.56 Å². The van der Waals surface area contributed by atoms with E-state index >= 15 is 0 Å². The highest BCUT2D eigenvalue weighted by atomic mass is 35.5. The monoisotopic (exact) mass is 300 g/mol. The number of hydrogen-bond donors (Lipinski definition) is 1. The maximum absolute atomic E-state index is 6.09. The van der Waals surface area contributed by atoms with Crippen LogP contribution in [0.2, 0.25) is 5.02 Å². The average molecular weight is 301 g/mol. The van der Waals surface area contributed by atoms with Crippen LogP contribution < -0.4 is 10.5 Å². The van der Waals surface area contributed by atoms with Crippen molar-refractivity contribution in [3.05, 3.63) is 65.4 Å². The summed E-state index contributed by atoms with van der Waals surface area (Å²) in [7, 11) is 0. The van der Waals surface area contributed by atoms with Gasteiger partial charge in [0.25, 0.3) is 0 Å². The molecule has 0 saturated heterocycles. The molecular weight excluding hydrogens is 288 g/mol. The molecule has 0 spiro atoms. The molecule has 106 valence electrons. The van der Waals surface area contributed by atoms with Crippen molar-refractivity contribution in [2.75, 3.05) is 5.73 Å². The lowest BCUT2D eigenvalue weighted by Gasteiger charge is -2.08. The SMILES string of the molecule is Nc1conc1-c1ccc(OCc2ccccc2Cl)cc1. The van der Waals surface area contributed by atoms with E-state index < -0.39 is 0 Å². The third kappa shape index (κ3) is 3.01. The summed E-state index contributed by atoms with van der Waals surface area (Å²) in [5.74, 6) is 0.751. The Kier molecular flexibility index (Phi) is 3.79. The highest BCUT2D eigenvalue weighted by Gasteiger charge is 2.07. The predicted molar refractivity (Wildman–Crippen MR) is 82.1 cm³/mol. The fourth-order valence-corrected chi connectivity index (χ4v) is 2.14. The minimum absolute atomic E-state index is 0.422. The highest BCUT2D eigenvalue weighted by Crippen LogP contribution is 2.26. The molecule has 1 heterocycles. The van der Waals surface area contributed by atoms with Crippen molar-refractivity contribution in [1.82, 2.24) is 5.16 Å². The predicted octanol–water partition coefficient (Wildman–Crippen LogP) is 4.16. The third-order valence-corrected chi connectivity index (χ3v) is 3.45. The number of nitrogen functional groups attached to an aromatic ring is 1. The number of hydrogen-bond acceptors (Lipinski definition) is 4. The van der Waals surface area contributed by atoms with Crippen LogP contribution in [0.3, 0.4) is 0 Å². The quantitative estimate of drug-likeness (QED) is 0.786. The molecule has 0 bridgehead atoms. The number of nitrogens with zero attached hydrogens (tertiary/aromatic N) is 1. The Labute approximate surface area is 127 Å². The van der Waals surface area contributed by atoms with E-state index in [9.17, 15) is 0 Å². The highest BCUT2D eigenvalue weighted by molar-refractivity contribution is 6.31. The van der Waals surface area contributed by atoms with E-state index in [1.807, 2.05) is 48.5 Å². The zero-order valence-corrected chi connectivity index (χ0v) is 11.9. The Morgan fingerprint density at radius 3 is 2.52 bits per heavy atom. The molecule has 2 N–H and O–H groups in total. The van der Waals surface area contributed by atoms with Crippen molar-refractivity contribution in [1.29, 1.82) is 0 Å². The summed E-state index contributed by atoms with van der Waals surface area (Å²) in [6.07, 6.45) is 1.41. The molecule has 5 heteroatoms. The zero-order valence-electron chi connectivity index (χ0n) is 11.1. The lowest BCUT2D eigenvalue weighted by atomic mass is 10.1. The van der Waals surface area contributed by atoms with Crippen LogP contribution in [0.15, 0.2) is 59.3 Å². The summed E-state index contributed by atoms with van der Waals surface area (Å²) in [6.45, 7) is 0.422. The molecule has 0 radical (unpaired) electrons. The minimum atomic E-state index is 0.422. The Balaban J connectivity index is 1.71. The van der Waals surface area contributed by atoms with E-state index in [4.69, 9.17) is 26.6 Å². The van der Waals surface area contributed by atoms with Gasteiger partial charge in [-0.25, -0.2) is 0 Å². The molecule has 21 heavy (non-hydrogen) atoms. The number of anilines is 1. The van der Waals surface area contributed by atoms with Gasteiger partial charge < -0.3 is 15.0 Å². The molecule has 4 nitrogen and oxygen atoms in total. The molecule has 2 aromatic carbocycles. The largest absolute Gasteiger partial charge is 0.489 e. The standard InChI is InChI=1S/C16H13ClN2O2/c17-14-4-2-1-3-12(14)9-20-13-7-5-11(6-8-13)16-15(18)10-21-19-16/h1-8,10H,9,18H2. The summed E-state index contributed by atoms with van der Waals surface area (Å²) in [6, 6.07) is 15.1.